The molecule has 0 fully saturated rings. The van der Waals surface area contributed by atoms with E-state index in [1.165, 1.54) is 5.69 Å². The quantitative estimate of drug-likeness (QED) is 0.836. The maximum atomic E-state index is 6.01. The lowest BCUT2D eigenvalue weighted by atomic mass is 10.1. The summed E-state index contributed by atoms with van der Waals surface area (Å²) >= 11 is 5.84. The number of ether oxygens (including phenoxy) is 1. The van der Waals surface area contributed by atoms with Crippen LogP contribution in [0.15, 0.2) is 42.6 Å². The molecular formula is C16H22Cl2N2O. The Morgan fingerprint density at radius 1 is 1.24 bits per heavy atom. The molecule has 0 saturated carbocycles. The molecule has 1 unspecified atom stereocenters. The van der Waals surface area contributed by atoms with Gasteiger partial charge in [0.2, 0.25) is 0 Å². The second kappa shape index (κ2) is 8.98. The van der Waals surface area contributed by atoms with Gasteiger partial charge in [0.05, 0.1) is 6.54 Å². The van der Waals surface area contributed by atoms with Gasteiger partial charge < -0.3 is 15.0 Å². The van der Waals surface area contributed by atoms with Crippen LogP contribution in [0.2, 0.25) is 5.02 Å². The van der Waals surface area contributed by atoms with Gasteiger partial charge in [0, 0.05) is 29.4 Å². The van der Waals surface area contributed by atoms with Crippen LogP contribution in [-0.4, -0.2) is 17.2 Å². The Bertz CT molecular complexity index is 525. The van der Waals surface area contributed by atoms with Gasteiger partial charge in [-0.3, -0.25) is 0 Å². The molecule has 1 atom stereocenters. The molecule has 1 aromatic carbocycles. The lowest BCUT2D eigenvalue weighted by Crippen LogP contribution is -2.23. The van der Waals surface area contributed by atoms with E-state index in [-0.39, 0.29) is 18.4 Å². The standard InChI is InChI=1S/C16H21ClN2O.ClH/c1-2-14(18)12-15-4-3-9-19(15)10-11-20-16-7-5-13(17)6-8-16;/h3-9,14H,2,10-12,18H2,1H3;1H. The molecule has 1 aromatic heterocycles. The number of nitrogens with two attached hydrogens (primary N) is 1. The number of hydrogen-bond acceptors (Lipinski definition) is 2. The highest BCUT2D eigenvalue weighted by Gasteiger charge is 2.06. The van der Waals surface area contributed by atoms with E-state index in [0.717, 1.165) is 30.2 Å². The zero-order valence-corrected chi connectivity index (χ0v) is 13.7. The first-order valence-electron chi connectivity index (χ1n) is 6.97. The molecule has 2 N–H and O–H groups in total. The van der Waals surface area contributed by atoms with Gasteiger partial charge in [-0.25, -0.2) is 0 Å². The first-order chi connectivity index (χ1) is 9.69. The van der Waals surface area contributed by atoms with E-state index < -0.39 is 0 Å². The first-order valence-corrected chi connectivity index (χ1v) is 7.34. The maximum Gasteiger partial charge on any atom is 0.119 e. The Balaban J connectivity index is 0.00000220. The summed E-state index contributed by atoms with van der Waals surface area (Å²) in [7, 11) is 0. The molecule has 0 aliphatic heterocycles. The highest BCUT2D eigenvalue weighted by molar-refractivity contribution is 6.30. The van der Waals surface area contributed by atoms with Crippen LogP contribution in [-0.2, 0) is 13.0 Å². The Labute approximate surface area is 137 Å². The topological polar surface area (TPSA) is 40.2 Å². The Morgan fingerprint density at radius 3 is 2.62 bits per heavy atom. The highest BCUT2D eigenvalue weighted by atomic mass is 35.5. The van der Waals surface area contributed by atoms with Gasteiger partial charge in [0.1, 0.15) is 12.4 Å². The number of rotatable bonds is 7. The van der Waals surface area contributed by atoms with Crippen molar-refractivity contribution in [2.75, 3.05) is 6.61 Å². The fourth-order valence-corrected chi connectivity index (χ4v) is 2.18. The van der Waals surface area contributed by atoms with Crippen molar-refractivity contribution in [1.29, 1.82) is 0 Å². The number of aromatic nitrogens is 1. The summed E-state index contributed by atoms with van der Waals surface area (Å²) in [6.45, 7) is 3.56. The van der Waals surface area contributed by atoms with Crippen molar-refractivity contribution in [2.45, 2.75) is 32.4 Å². The van der Waals surface area contributed by atoms with E-state index in [9.17, 15) is 0 Å². The second-order valence-corrected chi connectivity index (χ2v) is 5.30. The van der Waals surface area contributed by atoms with Crippen LogP contribution in [0.25, 0.3) is 0 Å². The maximum absolute atomic E-state index is 6.01. The van der Waals surface area contributed by atoms with E-state index in [0.29, 0.717) is 6.61 Å². The van der Waals surface area contributed by atoms with Gasteiger partial charge >= 0.3 is 0 Å². The molecule has 0 bridgehead atoms. The number of benzene rings is 1. The van der Waals surface area contributed by atoms with Crippen molar-refractivity contribution < 1.29 is 4.74 Å². The summed E-state index contributed by atoms with van der Waals surface area (Å²) in [5.74, 6) is 0.841. The Kier molecular flexibility index (Phi) is 7.65. The molecule has 0 saturated heterocycles. The summed E-state index contributed by atoms with van der Waals surface area (Å²) in [5, 5.41) is 0.721. The minimum absolute atomic E-state index is 0. The summed E-state index contributed by atoms with van der Waals surface area (Å²) < 4.78 is 7.91. The predicted octanol–water partition coefficient (Wildman–Crippen LogP) is 3.92. The summed E-state index contributed by atoms with van der Waals surface area (Å²) in [5.41, 5.74) is 7.27. The van der Waals surface area contributed by atoms with Crippen LogP contribution in [0, 0.1) is 0 Å². The van der Waals surface area contributed by atoms with E-state index >= 15 is 0 Å². The molecule has 2 aromatic rings. The van der Waals surface area contributed by atoms with Crippen molar-refractivity contribution in [2.24, 2.45) is 5.73 Å². The van der Waals surface area contributed by atoms with Crippen LogP contribution < -0.4 is 10.5 Å². The number of halogens is 2. The minimum Gasteiger partial charge on any atom is -0.492 e. The van der Waals surface area contributed by atoms with Crippen molar-refractivity contribution >= 4 is 24.0 Å². The van der Waals surface area contributed by atoms with E-state index in [2.05, 4.69) is 29.8 Å². The first kappa shape index (κ1) is 17.9. The Morgan fingerprint density at radius 2 is 1.95 bits per heavy atom. The van der Waals surface area contributed by atoms with Crippen LogP contribution in [0.4, 0.5) is 0 Å². The molecule has 0 spiro atoms. The lowest BCUT2D eigenvalue weighted by molar-refractivity contribution is 0.296. The molecular weight excluding hydrogens is 307 g/mol. The third kappa shape index (κ3) is 5.62. The summed E-state index contributed by atoms with van der Waals surface area (Å²) in [4.78, 5) is 0. The van der Waals surface area contributed by atoms with E-state index in [1.54, 1.807) is 0 Å². The molecule has 2 rings (SSSR count). The molecule has 0 radical (unpaired) electrons. The average molecular weight is 329 g/mol. The molecule has 0 aliphatic carbocycles. The van der Waals surface area contributed by atoms with E-state index in [1.807, 2.05) is 24.3 Å². The monoisotopic (exact) mass is 328 g/mol. The van der Waals surface area contributed by atoms with Crippen molar-refractivity contribution in [1.82, 2.24) is 4.57 Å². The number of hydrogen-bond donors (Lipinski definition) is 1. The Hall–Kier alpha value is -1.16. The highest BCUT2D eigenvalue weighted by Crippen LogP contribution is 2.15. The zero-order valence-electron chi connectivity index (χ0n) is 12.2. The van der Waals surface area contributed by atoms with Gasteiger partial charge in [-0.15, -0.1) is 12.4 Å². The van der Waals surface area contributed by atoms with Crippen molar-refractivity contribution in [3.63, 3.8) is 0 Å². The summed E-state index contributed by atoms with van der Waals surface area (Å²) in [6.07, 6.45) is 3.97. The smallest absolute Gasteiger partial charge is 0.119 e. The zero-order chi connectivity index (χ0) is 14.4. The third-order valence-corrected chi connectivity index (χ3v) is 3.59. The summed E-state index contributed by atoms with van der Waals surface area (Å²) in [6, 6.07) is 11.8. The second-order valence-electron chi connectivity index (χ2n) is 4.87. The molecule has 3 nitrogen and oxygen atoms in total. The minimum atomic E-state index is 0. The van der Waals surface area contributed by atoms with Crippen molar-refractivity contribution in [3.8, 4) is 5.75 Å². The van der Waals surface area contributed by atoms with Gasteiger partial charge in [-0.1, -0.05) is 18.5 Å². The largest absolute Gasteiger partial charge is 0.492 e. The molecule has 0 aliphatic rings. The number of nitrogens with zero attached hydrogens (tertiary/aromatic N) is 1. The fraction of sp³-hybridized carbons (Fsp3) is 0.375. The molecule has 116 valence electrons. The van der Waals surface area contributed by atoms with E-state index in [4.69, 9.17) is 22.1 Å². The average Bonchev–Trinajstić information content (AvgIpc) is 2.88. The van der Waals surface area contributed by atoms with Gasteiger partial charge in [-0.2, -0.15) is 0 Å². The van der Waals surface area contributed by atoms with Crippen molar-refractivity contribution in [3.05, 3.63) is 53.3 Å². The van der Waals surface area contributed by atoms with Crippen LogP contribution in [0.3, 0.4) is 0 Å². The van der Waals surface area contributed by atoms with Gasteiger partial charge in [0.25, 0.3) is 0 Å². The van der Waals surface area contributed by atoms with Gasteiger partial charge in [-0.05, 0) is 42.8 Å². The molecule has 5 heteroatoms. The van der Waals surface area contributed by atoms with Crippen LogP contribution in [0.1, 0.15) is 19.0 Å². The molecule has 1 heterocycles. The molecule has 0 amide bonds. The van der Waals surface area contributed by atoms with Gasteiger partial charge in [0.15, 0.2) is 0 Å². The normalized spacial score (nSPS) is 11.8. The SMILES string of the molecule is CCC(N)Cc1cccn1CCOc1ccc(Cl)cc1.Cl. The van der Waals surface area contributed by atoms with Crippen LogP contribution >= 0.6 is 24.0 Å². The third-order valence-electron chi connectivity index (χ3n) is 3.33. The van der Waals surface area contributed by atoms with Crippen LogP contribution in [0.5, 0.6) is 5.75 Å². The molecule has 21 heavy (non-hydrogen) atoms. The fourth-order valence-electron chi connectivity index (χ4n) is 2.06. The lowest BCUT2D eigenvalue weighted by Gasteiger charge is -2.13. The predicted molar refractivity (Wildman–Crippen MR) is 90.6 cm³/mol.